The first-order valence-electron chi connectivity index (χ1n) is 9.71. The monoisotopic (exact) mass is 345 g/mol. The summed E-state index contributed by atoms with van der Waals surface area (Å²) in [6, 6.07) is 25.8. The second kappa shape index (κ2) is 8.03. The minimum atomic E-state index is -0.301. The largest absolute Gasteiger partial charge is 0.391 e. The molecule has 1 heterocycles. The van der Waals surface area contributed by atoms with E-state index < -0.39 is 0 Å². The van der Waals surface area contributed by atoms with Crippen LogP contribution >= 0.6 is 0 Å². The van der Waals surface area contributed by atoms with E-state index in [1.54, 1.807) is 0 Å². The zero-order chi connectivity index (χ0) is 17.8. The van der Waals surface area contributed by atoms with Crippen LogP contribution in [0.15, 0.2) is 72.8 Å². The van der Waals surface area contributed by atoms with E-state index in [2.05, 4.69) is 77.7 Å². The van der Waals surface area contributed by atoms with Crippen molar-refractivity contribution in [2.45, 2.75) is 31.3 Å². The molecule has 0 aliphatic carbocycles. The summed E-state index contributed by atoms with van der Waals surface area (Å²) in [5.74, 6) is 0.671. The number of rotatable bonds is 5. The molecule has 1 N–H and O–H groups in total. The van der Waals surface area contributed by atoms with E-state index in [0.717, 1.165) is 26.1 Å². The van der Waals surface area contributed by atoms with Gasteiger partial charge in [0.1, 0.15) is 0 Å². The highest BCUT2D eigenvalue weighted by Crippen LogP contribution is 2.28. The smallest absolute Gasteiger partial charge is 0.0707 e. The number of benzene rings is 3. The van der Waals surface area contributed by atoms with Gasteiger partial charge in [0.05, 0.1) is 6.10 Å². The third-order valence-corrected chi connectivity index (χ3v) is 5.61. The zero-order valence-corrected chi connectivity index (χ0v) is 15.2. The second-order valence-corrected chi connectivity index (χ2v) is 7.53. The van der Waals surface area contributed by atoms with E-state index in [1.807, 2.05) is 0 Å². The average molecular weight is 345 g/mol. The number of piperidine rings is 1. The molecule has 3 aromatic carbocycles. The molecule has 0 amide bonds. The molecule has 1 aliphatic rings. The zero-order valence-electron chi connectivity index (χ0n) is 15.2. The Balaban J connectivity index is 1.30. The maximum Gasteiger partial charge on any atom is 0.0707 e. The highest BCUT2D eigenvalue weighted by molar-refractivity contribution is 5.82. The maximum absolute atomic E-state index is 10.6. The van der Waals surface area contributed by atoms with E-state index in [9.17, 15) is 5.11 Å². The fourth-order valence-corrected chi connectivity index (χ4v) is 4.17. The minimum absolute atomic E-state index is 0.301. The molecule has 0 bridgehead atoms. The molecule has 4 rings (SSSR count). The molecule has 26 heavy (non-hydrogen) atoms. The molecule has 1 aliphatic heterocycles. The lowest BCUT2D eigenvalue weighted by Crippen LogP contribution is -2.39. The van der Waals surface area contributed by atoms with E-state index in [1.165, 1.54) is 34.7 Å². The van der Waals surface area contributed by atoms with Gasteiger partial charge >= 0.3 is 0 Å². The average Bonchev–Trinajstić information content (AvgIpc) is 2.69. The number of hydrogen-bond donors (Lipinski definition) is 1. The van der Waals surface area contributed by atoms with Gasteiger partial charge in [-0.05, 0) is 60.2 Å². The van der Waals surface area contributed by atoms with Crippen LogP contribution in [0.3, 0.4) is 0 Å². The highest BCUT2D eigenvalue weighted by Gasteiger charge is 2.22. The first kappa shape index (κ1) is 17.3. The Morgan fingerprint density at radius 3 is 2.31 bits per heavy atom. The van der Waals surface area contributed by atoms with Gasteiger partial charge in [0.2, 0.25) is 0 Å². The van der Waals surface area contributed by atoms with E-state index in [-0.39, 0.29) is 6.10 Å². The molecule has 0 aromatic heterocycles. The summed E-state index contributed by atoms with van der Waals surface area (Å²) in [5.41, 5.74) is 2.68. The van der Waals surface area contributed by atoms with Gasteiger partial charge in [0.25, 0.3) is 0 Å². The van der Waals surface area contributed by atoms with Crippen LogP contribution in [0.5, 0.6) is 0 Å². The number of hydrogen-bond acceptors (Lipinski definition) is 2. The molecule has 134 valence electrons. The third kappa shape index (κ3) is 4.14. The second-order valence-electron chi connectivity index (χ2n) is 7.53. The number of likely N-dealkylation sites (tertiary alicyclic amines) is 1. The molecule has 1 fully saturated rings. The van der Waals surface area contributed by atoms with Crippen molar-refractivity contribution in [2.75, 3.05) is 19.6 Å². The van der Waals surface area contributed by atoms with Gasteiger partial charge in [-0.1, -0.05) is 72.8 Å². The Kier molecular flexibility index (Phi) is 5.33. The van der Waals surface area contributed by atoms with Crippen LogP contribution in [-0.4, -0.2) is 35.7 Å². The fraction of sp³-hybridized carbons (Fsp3) is 0.333. The first-order valence-corrected chi connectivity index (χ1v) is 9.71. The van der Waals surface area contributed by atoms with Crippen molar-refractivity contribution < 1.29 is 5.11 Å². The van der Waals surface area contributed by atoms with Gasteiger partial charge < -0.3 is 10.0 Å². The number of β-amino-alcohol motifs (C(OH)–C–C–N with tert-alkyl or cyclic N) is 1. The molecule has 1 atom stereocenters. The standard InChI is InChI=1S/C24H27NO/c26-24(17-19-10-11-21-8-4-5-9-23(21)16-19)18-25-14-12-22(13-15-25)20-6-2-1-3-7-20/h1-11,16,22,24,26H,12-15,17-18H2. The van der Waals surface area contributed by atoms with Gasteiger partial charge in [-0.25, -0.2) is 0 Å². The minimum Gasteiger partial charge on any atom is -0.391 e. The fourth-order valence-electron chi connectivity index (χ4n) is 4.17. The number of aliphatic hydroxyl groups excluding tert-OH is 1. The Morgan fingerprint density at radius 1 is 0.846 bits per heavy atom. The van der Waals surface area contributed by atoms with Gasteiger partial charge in [-0.15, -0.1) is 0 Å². The Morgan fingerprint density at radius 2 is 1.54 bits per heavy atom. The summed E-state index contributed by atoms with van der Waals surface area (Å²) < 4.78 is 0. The summed E-state index contributed by atoms with van der Waals surface area (Å²) in [6.07, 6.45) is 2.80. The Bertz CT molecular complexity index is 837. The molecular formula is C24H27NO. The highest BCUT2D eigenvalue weighted by atomic mass is 16.3. The predicted octanol–water partition coefficient (Wildman–Crippen LogP) is 4.62. The molecule has 3 aromatic rings. The predicted molar refractivity (Wildman–Crippen MR) is 109 cm³/mol. The van der Waals surface area contributed by atoms with Crippen molar-refractivity contribution in [2.24, 2.45) is 0 Å². The summed E-state index contributed by atoms with van der Waals surface area (Å²) in [4.78, 5) is 2.42. The molecule has 0 spiro atoms. The summed E-state index contributed by atoms with van der Waals surface area (Å²) >= 11 is 0. The number of aliphatic hydroxyl groups is 1. The number of nitrogens with zero attached hydrogens (tertiary/aromatic N) is 1. The van der Waals surface area contributed by atoms with Crippen LogP contribution in [-0.2, 0) is 6.42 Å². The van der Waals surface area contributed by atoms with E-state index in [4.69, 9.17) is 0 Å². The molecule has 1 unspecified atom stereocenters. The van der Waals surface area contributed by atoms with Crippen LogP contribution in [0.4, 0.5) is 0 Å². The van der Waals surface area contributed by atoms with Gasteiger partial charge in [-0.3, -0.25) is 0 Å². The van der Waals surface area contributed by atoms with Crippen LogP contribution in [0, 0.1) is 0 Å². The molecule has 0 radical (unpaired) electrons. The van der Waals surface area contributed by atoms with Crippen molar-refractivity contribution in [1.82, 2.24) is 4.90 Å². The van der Waals surface area contributed by atoms with Crippen molar-refractivity contribution in [3.63, 3.8) is 0 Å². The Hall–Kier alpha value is -2.16. The molecule has 0 saturated carbocycles. The maximum atomic E-state index is 10.6. The topological polar surface area (TPSA) is 23.5 Å². The van der Waals surface area contributed by atoms with Crippen molar-refractivity contribution in [1.29, 1.82) is 0 Å². The third-order valence-electron chi connectivity index (χ3n) is 5.61. The van der Waals surface area contributed by atoms with Crippen molar-refractivity contribution >= 4 is 10.8 Å². The van der Waals surface area contributed by atoms with Gasteiger partial charge in [-0.2, -0.15) is 0 Å². The normalized spacial score (nSPS) is 17.4. The van der Waals surface area contributed by atoms with Gasteiger partial charge in [0, 0.05) is 6.54 Å². The van der Waals surface area contributed by atoms with Crippen LogP contribution < -0.4 is 0 Å². The van der Waals surface area contributed by atoms with Crippen LogP contribution in [0.1, 0.15) is 29.9 Å². The van der Waals surface area contributed by atoms with Crippen molar-refractivity contribution in [3.05, 3.63) is 83.9 Å². The quantitative estimate of drug-likeness (QED) is 0.729. The van der Waals surface area contributed by atoms with Crippen LogP contribution in [0.2, 0.25) is 0 Å². The lowest BCUT2D eigenvalue weighted by atomic mass is 9.89. The number of fused-ring (bicyclic) bond motifs is 1. The molecular weight excluding hydrogens is 318 g/mol. The lowest BCUT2D eigenvalue weighted by molar-refractivity contribution is 0.0972. The van der Waals surface area contributed by atoms with E-state index in [0.29, 0.717) is 5.92 Å². The van der Waals surface area contributed by atoms with Crippen LogP contribution in [0.25, 0.3) is 10.8 Å². The first-order chi connectivity index (χ1) is 12.8. The summed E-state index contributed by atoms with van der Waals surface area (Å²) in [7, 11) is 0. The summed E-state index contributed by atoms with van der Waals surface area (Å²) in [6.45, 7) is 2.93. The SMILES string of the molecule is OC(Cc1ccc2ccccc2c1)CN1CCC(c2ccccc2)CC1. The molecule has 1 saturated heterocycles. The van der Waals surface area contributed by atoms with E-state index >= 15 is 0 Å². The summed E-state index contributed by atoms with van der Waals surface area (Å²) in [5, 5.41) is 13.1. The molecule has 2 nitrogen and oxygen atoms in total. The molecule has 2 heteroatoms. The lowest BCUT2D eigenvalue weighted by Gasteiger charge is -2.33. The Labute approximate surface area is 156 Å². The van der Waals surface area contributed by atoms with Crippen molar-refractivity contribution in [3.8, 4) is 0 Å². The van der Waals surface area contributed by atoms with Gasteiger partial charge in [0.15, 0.2) is 0 Å².